The largest absolute Gasteiger partial charge is 0.490 e. The highest BCUT2D eigenvalue weighted by molar-refractivity contribution is 9.10. The highest BCUT2D eigenvalue weighted by Gasteiger charge is 2.07. The standard InChI is InChI=1S/C13H20BrNO3/c1-16-7-8-17-9-10-18-13-11(5-6-15)3-2-4-12(13)14/h2-4H,5-10,15H2,1H3. The predicted octanol–water partition coefficient (Wildman–Crippen LogP) is 1.99. The van der Waals surface area contributed by atoms with Gasteiger partial charge in [0.05, 0.1) is 24.3 Å². The van der Waals surface area contributed by atoms with E-state index in [-0.39, 0.29) is 0 Å². The summed E-state index contributed by atoms with van der Waals surface area (Å²) in [6, 6.07) is 5.97. The molecule has 0 amide bonds. The minimum atomic E-state index is 0.518. The zero-order valence-electron chi connectivity index (χ0n) is 10.7. The minimum absolute atomic E-state index is 0.518. The summed E-state index contributed by atoms with van der Waals surface area (Å²) >= 11 is 3.48. The van der Waals surface area contributed by atoms with E-state index in [0.717, 1.165) is 22.2 Å². The molecule has 0 aromatic heterocycles. The summed E-state index contributed by atoms with van der Waals surface area (Å²) in [4.78, 5) is 0. The van der Waals surface area contributed by atoms with Crippen LogP contribution in [0.25, 0.3) is 0 Å². The van der Waals surface area contributed by atoms with Crippen LogP contribution in [-0.4, -0.2) is 40.1 Å². The number of halogens is 1. The molecule has 0 heterocycles. The Morgan fingerprint density at radius 3 is 2.67 bits per heavy atom. The van der Waals surface area contributed by atoms with Crippen molar-refractivity contribution in [2.24, 2.45) is 5.73 Å². The Labute approximate surface area is 117 Å². The van der Waals surface area contributed by atoms with Gasteiger partial charge in [-0.05, 0) is 40.5 Å². The van der Waals surface area contributed by atoms with Crippen LogP contribution in [0.4, 0.5) is 0 Å². The minimum Gasteiger partial charge on any atom is -0.490 e. The van der Waals surface area contributed by atoms with Gasteiger partial charge < -0.3 is 19.9 Å². The summed E-state index contributed by atoms with van der Waals surface area (Å²) in [6.07, 6.45) is 0.805. The van der Waals surface area contributed by atoms with Crippen LogP contribution in [0, 0.1) is 0 Å². The van der Waals surface area contributed by atoms with Gasteiger partial charge in [-0.15, -0.1) is 0 Å². The quantitative estimate of drug-likeness (QED) is 0.708. The summed E-state index contributed by atoms with van der Waals surface area (Å²) in [5, 5.41) is 0. The first kappa shape index (κ1) is 15.4. The third kappa shape index (κ3) is 5.35. The molecule has 0 radical (unpaired) electrons. The van der Waals surface area contributed by atoms with Crippen LogP contribution < -0.4 is 10.5 Å². The third-order valence-electron chi connectivity index (χ3n) is 2.37. The van der Waals surface area contributed by atoms with E-state index >= 15 is 0 Å². The Morgan fingerprint density at radius 1 is 1.17 bits per heavy atom. The molecule has 1 aromatic rings. The van der Waals surface area contributed by atoms with Gasteiger partial charge in [-0.1, -0.05) is 12.1 Å². The van der Waals surface area contributed by atoms with Gasteiger partial charge in [0.15, 0.2) is 0 Å². The smallest absolute Gasteiger partial charge is 0.136 e. The molecule has 4 nitrogen and oxygen atoms in total. The maximum Gasteiger partial charge on any atom is 0.136 e. The Morgan fingerprint density at radius 2 is 1.94 bits per heavy atom. The van der Waals surface area contributed by atoms with Gasteiger partial charge >= 0.3 is 0 Å². The molecule has 18 heavy (non-hydrogen) atoms. The molecule has 0 fully saturated rings. The summed E-state index contributed by atoms with van der Waals surface area (Å²) in [5.74, 6) is 0.860. The second-order valence-corrected chi connectivity index (χ2v) is 4.57. The molecule has 0 aliphatic carbocycles. The molecule has 0 aliphatic heterocycles. The topological polar surface area (TPSA) is 53.7 Å². The van der Waals surface area contributed by atoms with Gasteiger partial charge in [0.1, 0.15) is 12.4 Å². The first-order chi connectivity index (χ1) is 8.79. The molecule has 1 rings (SSSR count). The van der Waals surface area contributed by atoms with E-state index in [2.05, 4.69) is 15.9 Å². The van der Waals surface area contributed by atoms with Crippen LogP contribution in [-0.2, 0) is 15.9 Å². The van der Waals surface area contributed by atoms with Crippen LogP contribution in [0.1, 0.15) is 5.56 Å². The van der Waals surface area contributed by atoms with E-state index in [4.69, 9.17) is 19.9 Å². The molecule has 0 unspecified atom stereocenters. The average molecular weight is 318 g/mol. The lowest BCUT2D eigenvalue weighted by molar-refractivity contribution is 0.0541. The third-order valence-corrected chi connectivity index (χ3v) is 2.99. The van der Waals surface area contributed by atoms with E-state index in [9.17, 15) is 0 Å². The first-order valence-corrected chi connectivity index (χ1v) is 6.75. The molecular formula is C13H20BrNO3. The maximum absolute atomic E-state index is 5.73. The maximum atomic E-state index is 5.73. The number of methoxy groups -OCH3 is 1. The van der Waals surface area contributed by atoms with Crippen molar-refractivity contribution in [3.63, 3.8) is 0 Å². The molecule has 0 saturated heterocycles. The molecule has 102 valence electrons. The number of para-hydroxylation sites is 1. The van der Waals surface area contributed by atoms with Gasteiger partial charge in [0.2, 0.25) is 0 Å². The lowest BCUT2D eigenvalue weighted by Gasteiger charge is -2.13. The molecule has 2 N–H and O–H groups in total. The predicted molar refractivity (Wildman–Crippen MR) is 75.1 cm³/mol. The molecule has 0 aliphatic rings. The summed E-state index contributed by atoms with van der Waals surface area (Å²) < 4.78 is 16.9. The van der Waals surface area contributed by atoms with Crippen molar-refractivity contribution in [3.05, 3.63) is 28.2 Å². The van der Waals surface area contributed by atoms with E-state index in [1.807, 2.05) is 18.2 Å². The van der Waals surface area contributed by atoms with Crippen LogP contribution in [0.2, 0.25) is 0 Å². The zero-order chi connectivity index (χ0) is 13.2. The zero-order valence-corrected chi connectivity index (χ0v) is 12.2. The molecule has 0 saturated carbocycles. The SMILES string of the molecule is COCCOCCOc1c(Br)cccc1CCN. The molecule has 0 atom stereocenters. The monoisotopic (exact) mass is 317 g/mol. The Balaban J connectivity index is 2.40. The van der Waals surface area contributed by atoms with Crippen LogP contribution >= 0.6 is 15.9 Å². The molecular weight excluding hydrogens is 298 g/mol. The van der Waals surface area contributed by atoms with Gasteiger partial charge in [0, 0.05) is 7.11 Å². The van der Waals surface area contributed by atoms with Gasteiger partial charge in [0.25, 0.3) is 0 Å². The second kappa shape index (κ2) is 9.33. The number of hydrogen-bond acceptors (Lipinski definition) is 4. The average Bonchev–Trinajstić information content (AvgIpc) is 2.36. The van der Waals surface area contributed by atoms with Gasteiger partial charge in [-0.25, -0.2) is 0 Å². The fourth-order valence-corrected chi connectivity index (χ4v) is 2.04. The molecule has 0 spiro atoms. The highest BCUT2D eigenvalue weighted by Crippen LogP contribution is 2.29. The number of ether oxygens (including phenoxy) is 3. The van der Waals surface area contributed by atoms with E-state index in [1.165, 1.54) is 0 Å². The fraction of sp³-hybridized carbons (Fsp3) is 0.538. The highest BCUT2D eigenvalue weighted by atomic mass is 79.9. The van der Waals surface area contributed by atoms with E-state index in [1.54, 1.807) is 7.11 Å². The van der Waals surface area contributed by atoms with Crippen molar-refractivity contribution in [1.29, 1.82) is 0 Å². The van der Waals surface area contributed by atoms with Crippen molar-refractivity contribution < 1.29 is 14.2 Å². The normalized spacial score (nSPS) is 10.6. The Bertz CT molecular complexity index is 347. The van der Waals surface area contributed by atoms with Gasteiger partial charge in [-0.3, -0.25) is 0 Å². The Kier molecular flexibility index (Phi) is 8.00. The van der Waals surface area contributed by atoms with E-state index in [0.29, 0.717) is 33.0 Å². The molecule has 1 aromatic carbocycles. The van der Waals surface area contributed by atoms with Crippen molar-refractivity contribution in [2.75, 3.05) is 40.1 Å². The van der Waals surface area contributed by atoms with Crippen molar-refractivity contribution in [2.45, 2.75) is 6.42 Å². The van der Waals surface area contributed by atoms with Crippen molar-refractivity contribution in [3.8, 4) is 5.75 Å². The Hall–Kier alpha value is -0.620. The number of hydrogen-bond donors (Lipinski definition) is 1. The van der Waals surface area contributed by atoms with Crippen LogP contribution in [0.3, 0.4) is 0 Å². The first-order valence-electron chi connectivity index (χ1n) is 5.96. The fourth-order valence-electron chi connectivity index (χ4n) is 1.51. The summed E-state index contributed by atoms with van der Waals surface area (Å²) in [6.45, 7) is 2.87. The molecule has 0 bridgehead atoms. The summed E-state index contributed by atoms with van der Waals surface area (Å²) in [5.41, 5.74) is 6.69. The lowest BCUT2D eigenvalue weighted by atomic mass is 10.1. The number of rotatable bonds is 9. The van der Waals surface area contributed by atoms with Crippen molar-refractivity contribution in [1.82, 2.24) is 0 Å². The van der Waals surface area contributed by atoms with Crippen molar-refractivity contribution >= 4 is 15.9 Å². The number of benzene rings is 1. The van der Waals surface area contributed by atoms with Crippen LogP contribution in [0.5, 0.6) is 5.75 Å². The number of nitrogens with two attached hydrogens (primary N) is 1. The lowest BCUT2D eigenvalue weighted by Crippen LogP contribution is -2.12. The second-order valence-electron chi connectivity index (χ2n) is 3.72. The van der Waals surface area contributed by atoms with E-state index < -0.39 is 0 Å². The molecule has 5 heteroatoms. The van der Waals surface area contributed by atoms with Gasteiger partial charge in [-0.2, -0.15) is 0 Å². The van der Waals surface area contributed by atoms with Crippen LogP contribution in [0.15, 0.2) is 22.7 Å². The summed E-state index contributed by atoms with van der Waals surface area (Å²) in [7, 11) is 1.65.